The first-order valence-electron chi connectivity index (χ1n) is 6.23. The van der Waals surface area contributed by atoms with Crippen molar-refractivity contribution < 1.29 is 14.6 Å². The Morgan fingerprint density at radius 2 is 2.12 bits per heavy atom. The van der Waals surface area contributed by atoms with E-state index in [1.165, 1.54) is 6.07 Å². The van der Waals surface area contributed by atoms with E-state index in [4.69, 9.17) is 15.1 Å². The number of esters is 1. The van der Waals surface area contributed by atoms with Crippen LogP contribution in [0.15, 0.2) is 0 Å². The third kappa shape index (κ3) is 3.71. The standard InChI is InChI=1S/C13H21NO3/c1-8(2)10-5-4-9(3)6-12(10)17-13(16)11(15)7-14/h8-12,15H,4-6H2,1-3H3/t9-,10+,11?,12-/m1/s1. The molecule has 0 saturated heterocycles. The van der Waals surface area contributed by atoms with Crippen molar-refractivity contribution in [2.75, 3.05) is 0 Å². The Labute approximate surface area is 103 Å². The number of aliphatic hydroxyl groups is 1. The number of carbonyl (C=O) groups excluding carboxylic acids is 1. The summed E-state index contributed by atoms with van der Waals surface area (Å²) in [6.07, 6.45) is 1.21. The molecule has 1 N–H and O–H groups in total. The summed E-state index contributed by atoms with van der Waals surface area (Å²) in [5, 5.41) is 17.6. The van der Waals surface area contributed by atoms with Gasteiger partial charge in [-0.1, -0.05) is 27.2 Å². The van der Waals surface area contributed by atoms with E-state index in [0.717, 1.165) is 19.3 Å². The number of nitrogens with zero attached hydrogens (tertiary/aromatic N) is 1. The molecule has 17 heavy (non-hydrogen) atoms. The Hall–Kier alpha value is -1.08. The van der Waals surface area contributed by atoms with Gasteiger partial charge in [0.1, 0.15) is 12.2 Å². The van der Waals surface area contributed by atoms with E-state index in [2.05, 4.69) is 20.8 Å². The summed E-state index contributed by atoms with van der Waals surface area (Å²) in [7, 11) is 0. The van der Waals surface area contributed by atoms with E-state index in [9.17, 15) is 4.79 Å². The Balaban J connectivity index is 2.64. The minimum atomic E-state index is -1.65. The van der Waals surface area contributed by atoms with Crippen molar-refractivity contribution >= 4 is 5.97 Å². The van der Waals surface area contributed by atoms with Crippen LogP contribution >= 0.6 is 0 Å². The van der Waals surface area contributed by atoms with E-state index in [0.29, 0.717) is 17.8 Å². The van der Waals surface area contributed by atoms with Crippen molar-refractivity contribution in [1.29, 1.82) is 5.26 Å². The maximum absolute atomic E-state index is 11.4. The molecule has 4 atom stereocenters. The average molecular weight is 239 g/mol. The van der Waals surface area contributed by atoms with E-state index in [1.807, 2.05) is 0 Å². The molecule has 0 bridgehead atoms. The van der Waals surface area contributed by atoms with Crippen LogP contribution in [0.3, 0.4) is 0 Å². The highest BCUT2D eigenvalue weighted by molar-refractivity contribution is 5.77. The van der Waals surface area contributed by atoms with Crippen LogP contribution in [0.4, 0.5) is 0 Å². The molecule has 96 valence electrons. The molecule has 1 saturated carbocycles. The highest BCUT2D eigenvalue weighted by atomic mass is 16.6. The van der Waals surface area contributed by atoms with Crippen LogP contribution in [0.1, 0.15) is 40.0 Å². The van der Waals surface area contributed by atoms with Gasteiger partial charge in [0, 0.05) is 0 Å². The summed E-state index contributed by atoms with van der Waals surface area (Å²) in [6.45, 7) is 6.36. The molecule has 0 heterocycles. The lowest BCUT2D eigenvalue weighted by Gasteiger charge is -2.36. The van der Waals surface area contributed by atoms with Crippen LogP contribution in [0.5, 0.6) is 0 Å². The lowest BCUT2D eigenvalue weighted by atomic mass is 9.75. The molecule has 0 aromatic carbocycles. The zero-order valence-electron chi connectivity index (χ0n) is 10.7. The summed E-state index contributed by atoms with van der Waals surface area (Å²) in [4.78, 5) is 11.4. The van der Waals surface area contributed by atoms with Crippen molar-refractivity contribution in [2.24, 2.45) is 17.8 Å². The molecule has 0 aliphatic heterocycles. The largest absolute Gasteiger partial charge is 0.459 e. The molecule has 1 unspecified atom stereocenters. The van der Waals surface area contributed by atoms with Gasteiger partial charge in [-0.2, -0.15) is 5.26 Å². The lowest BCUT2D eigenvalue weighted by molar-refractivity contribution is -0.162. The van der Waals surface area contributed by atoms with Gasteiger partial charge in [-0.3, -0.25) is 0 Å². The predicted molar refractivity (Wildman–Crippen MR) is 62.8 cm³/mol. The number of ether oxygens (including phenoxy) is 1. The van der Waals surface area contributed by atoms with Crippen LogP contribution in [0.2, 0.25) is 0 Å². The van der Waals surface area contributed by atoms with Crippen molar-refractivity contribution in [3.63, 3.8) is 0 Å². The zero-order valence-corrected chi connectivity index (χ0v) is 10.7. The molecule has 0 spiro atoms. The lowest BCUT2D eigenvalue weighted by Crippen LogP contribution is -2.38. The molecular weight excluding hydrogens is 218 g/mol. The molecule has 0 aromatic heterocycles. The molecule has 4 nitrogen and oxygen atoms in total. The SMILES string of the molecule is CC(C)[C@@H]1CC[C@@H](C)C[C@H]1OC(=O)C(O)C#N. The fourth-order valence-corrected chi connectivity index (χ4v) is 2.52. The van der Waals surface area contributed by atoms with Gasteiger partial charge in [-0.05, 0) is 30.6 Å². The van der Waals surface area contributed by atoms with Crippen LogP contribution in [-0.2, 0) is 9.53 Å². The van der Waals surface area contributed by atoms with Crippen molar-refractivity contribution in [3.05, 3.63) is 0 Å². The van der Waals surface area contributed by atoms with E-state index in [-0.39, 0.29) is 6.10 Å². The van der Waals surface area contributed by atoms with Gasteiger partial charge >= 0.3 is 5.97 Å². The smallest absolute Gasteiger partial charge is 0.350 e. The van der Waals surface area contributed by atoms with E-state index in [1.54, 1.807) is 0 Å². The summed E-state index contributed by atoms with van der Waals surface area (Å²) in [5.74, 6) is 0.500. The third-order valence-electron chi connectivity index (χ3n) is 3.57. The Kier molecular flexibility index (Phi) is 4.95. The van der Waals surface area contributed by atoms with Gasteiger partial charge in [0.05, 0.1) is 0 Å². The molecular formula is C13H21NO3. The maximum Gasteiger partial charge on any atom is 0.350 e. The fourth-order valence-electron chi connectivity index (χ4n) is 2.52. The minimum Gasteiger partial charge on any atom is -0.459 e. The summed E-state index contributed by atoms with van der Waals surface area (Å²) < 4.78 is 5.28. The summed E-state index contributed by atoms with van der Waals surface area (Å²) >= 11 is 0. The normalized spacial score (nSPS) is 30.7. The van der Waals surface area contributed by atoms with Gasteiger partial charge in [0.15, 0.2) is 0 Å². The number of nitriles is 1. The monoisotopic (exact) mass is 239 g/mol. The number of aliphatic hydroxyl groups excluding tert-OH is 1. The maximum atomic E-state index is 11.4. The zero-order chi connectivity index (χ0) is 13.0. The number of hydrogen-bond donors (Lipinski definition) is 1. The Morgan fingerprint density at radius 3 is 2.65 bits per heavy atom. The molecule has 1 fully saturated rings. The number of rotatable bonds is 3. The van der Waals surface area contributed by atoms with Gasteiger partial charge in [0.2, 0.25) is 6.10 Å². The summed E-state index contributed by atoms with van der Waals surface area (Å²) in [6, 6.07) is 1.49. The highest BCUT2D eigenvalue weighted by Gasteiger charge is 2.34. The quantitative estimate of drug-likeness (QED) is 0.603. The van der Waals surface area contributed by atoms with Crippen LogP contribution < -0.4 is 0 Å². The van der Waals surface area contributed by atoms with Crippen LogP contribution in [-0.4, -0.2) is 23.3 Å². The van der Waals surface area contributed by atoms with Gasteiger partial charge < -0.3 is 9.84 Å². The second kappa shape index (κ2) is 6.02. The van der Waals surface area contributed by atoms with Gasteiger partial charge in [0.25, 0.3) is 0 Å². The predicted octanol–water partition coefficient (Wildman–Crippen LogP) is 1.87. The second-order valence-electron chi connectivity index (χ2n) is 5.33. The molecule has 1 aliphatic carbocycles. The molecule has 4 heteroatoms. The Bertz CT molecular complexity index is 308. The first kappa shape index (κ1) is 14.0. The molecule has 1 rings (SSSR count). The highest BCUT2D eigenvalue weighted by Crippen LogP contribution is 2.35. The van der Waals surface area contributed by atoms with Crippen LogP contribution in [0.25, 0.3) is 0 Å². The average Bonchev–Trinajstić information content (AvgIpc) is 2.27. The Morgan fingerprint density at radius 1 is 1.47 bits per heavy atom. The number of carbonyl (C=O) groups is 1. The van der Waals surface area contributed by atoms with Gasteiger partial charge in [-0.25, -0.2) is 4.79 Å². The van der Waals surface area contributed by atoms with Crippen molar-refractivity contribution in [3.8, 4) is 6.07 Å². The molecule has 0 amide bonds. The van der Waals surface area contributed by atoms with Crippen molar-refractivity contribution in [2.45, 2.75) is 52.2 Å². The van der Waals surface area contributed by atoms with E-state index >= 15 is 0 Å². The fraction of sp³-hybridized carbons (Fsp3) is 0.846. The first-order valence-corrected chi connectivity index (χ1v) is 6.23. The van der Waals surface area contributed by atoms with Crippen molar-refractivity contribution in [1.82, 2.24) is 0 Å². The van der Waals surface area contributed by atoms with Crippen LogP contribution in [0, 0.1) is 29.1 Å². The molecule has 1 aliphatic rings. The molecule has 0 radical (unpaired) electrons. The second-order valence-corrected chi connectivity index (χ2v) is 5.33. The molecule has 0 aromatic rings. The topological polar surface area (TPSA) is 70.3 Å². The van der Waals surface area contributed by atoms with Gasteiger partial charge in [-0.15, -0.1) is 0 Å². The first-order chi connectivity index (χ1) is 7.95. The van der Waals surface area contributed by atoms with E-state index < -0.39 is 12.1 Å². The number of hydrogen-bond acceptors (Lipinski definition) is 4. The third-order valence-corrected chi connectivity index (χ3v) is 3.57. The summed E-state index contributed by atoms with van der Waals surface area (Å²) in [5.41, 5.74) is 0. The minimum absolute atomic E-state index is 0.158.